The molecule has 0 saturated carbocycles. The number of fused-ring (bicyclic) bond motifs is 6. The topological polar surface area (TPSA) is 46.5 Å². The molecule has 0 atom stereocenters. The summed E-state index contributed by atoms with van der Waals surface area (Å²) in [5.41, 5.74) is 13.1. The van der Waals surface area contributed by atoms with E-state index in [9.17, 15) is 5.26 Å². The molecule has 4 heteroatoms. The first-order chi connectivity index (χ1) is 26.2. The lowest BCUT2D eigenvalue weighted by molar-refractivity contribution is 0.590. The molecule has 0 radical (unpaired) electrons. The van der Waals surface area contributed by atoms with Crippen molar-refractivity contribution in [2.45, 2.75) is 105 Å². The van der Waals surface area contributed by atoms with Crippen LogP contribution < -0.4 is 0 Å². The molecule has 0 aliphatic carbocycles. The number of hydrogen-bond donors (Lipinski definition) is 0. The number of nitrogens with zero attached hydrogens (tertiary/aromatic N) is 4. The fourth-order valence-electron chi connectivity index (χ4n) is 8.13. The maximum atomic E-state index is 10.1. The fraction of sp³-hybridized carbons (Fsp3) is 0.308. The molecule has 0 aliphatic rings. The second-order valence-corrected chi connectivity index (χ2v) is 19.9. The van der Waals surface area contributed by atoms with Crippen LogP contribution in [0.4, 0.5) is 0 Å². The first-order valence-corrected chi connectivity index (χ1v) is 19.9. The van der Waals surface area contributed by atoms with Crippen LogP contribution in [-0.2, 0) is 21.7 Å². The fourth-order valence-corrected chi connectivity index (χ4v) is 8.13. The molecule has 8 rings (SSSR count). The Labute approximate surface area is 332 Å². The van der Waals surface area contributed by atoms with Gasteiger partial charge in [-0.2, -0.15) is 5.26 Å². The van der Waals surface area contributed by atoms with Crippen molar-refractivity contribution in [3.05, 3.63) is 137 Å². The normalized spacial score (nSPS) is 13.0. The third-order valence-corrected chi connectivity index (χ3v) is 11.6. The van der Waals surface area contributed by atoms with Crippen LogP contribution in [0.2, 0.25) is 0 Å². The van der Waals surface area contributed by atoms with Crippen molar-refractivity contribution in [2.24, 2.45) is 0 Å². The minimum atomic E-state index is -0.0353. The van der Waals surface area contributed by atoms with Gasteiger partial charge >= 0.3 is 0 Å². The van der Waals surface area contributed by atoms with Crippen molar-refractivity contribution in [3.63, 3.8) is 0 Å². The Balaban J connectivity index is 1.52. The maximum absolute atomic E-state index is 10.1. The van der Waals surface area contributed by atoms with Gasteiger partial charge in [-0.05, 0) is 91.9 Å². The van der Waals surface area contributed by atoms with Crippen LogP contribution >= 0.6 is 0 Å². The molecule has 0 amide bonds. The van der Waals surface area contributed by atoms with Gasteiger partial charge in [-0.1, -0.05) is 144 Å². The summed E-state index contributed by atoms with van der Waals surface area (Å²) in [6.45, 7) is 27.3. The van der Waals surface area contributed by atoms with Crippen LogP contribution in [0.15, 0.2) is 109 Å². The Morgan fingerprint density at radius 3 is 1.23 bits per heavy atom. The van der Waals surface area contributed by atoms with Gasteiger partial charge in [0.25, 0.3) is 0 Å². The van der Waals surface area contributed by atoms with Crippen LogP contribution in [-0.4, -0.2) is 14.1 Å². The summed E-state index contributed by atoms with van der Waals surface area (Å²) < 4.78 is 4.78. The highest BCUT2D eigenvalue weighted by atomic mass is 15.1. The molecule has 0 fully saturated rings. The second kappa shape index (κ2) is 12.7. The highest BCUT2D eigenvalue weighted by molar-refractivity contribution is 6.11. The standard InChI is InChI=1S/C52H54N4/c1-49(2,3)34-16-20-38-39-21-17-35(50(4,5)6)26-44(39)55(43(38)25-34)47-31-54-48(29-42(47)33-15-13-14-32(24-33)30-53)56-45-27-36(51(7,8)9)18-22-40(45)41-23-19-37(28-46(41)56)52(10,11)12/h13-29,31H,1-12H3. The van der Waals surface area contributed by atoms with E-state index in [0.717, 1.165) is 44.7 Å². The molecule has 282 valence electrons. The van der Waals surface area contributed by atoms with Crippen molar-refractivity contribution in [2.75, 3.05) is 0 Å². The minimum absolute atomic E-state index is 0.0272. The molecule has 5 aromatic carbocycles. The molecule has 3 aromatic heterocycles. The average Bonchev–Trinajstić information content (AvgIpc) is 3.64. The smallest absolute Gasteiger partial charge is 0.138 e. The number of nitriles is 1. The van der Waals surface area contributed by atoms with Crippen molar-refractivity contribution >= 4 is 43.6 Å². The molecule has 3 heterocycles. The van der Waals surface area contributed by atoms with E-state index < -0.39 is 0 Å². The number of aromatic nitrogens is 3. The number of hydrogen-bond acceptors (Lipinski definition) is 2. The summed E-state index contributed by atoms with van der Waals surface area (Å²) in [4.78, 5) is 5.42. The summed E-state index contributed by atoms with van der Waals surface area (Å²) in [5, 5.41) is 14.9. The molecule has 0 spiro atoms. The van der Waals surface area contributed by atoms with Crippen LogP contribution in [0.3, 0.4) is 0 Å². The first kappa shape index (κ1) is 37.3. The Morgan fingerprint density at radius 2 is 0.857 bits per heavy atom. The molecular weight excluding hydrogens is 681 g/mol. The van der Waals surface area contributed by atoms with Gasteiger partial charge in [-0.3, -0.25) is 4.57 Å². The van der Waals surface area contributed by atoms with Gasteiger partial charge in [-0.25, -0.2) is 4.98 Å². The molecule has 0 aliphatic heterocycles. The van der Waals surface area contributed by atoms with E-state index in [1.54, 1.807) is 0 Å². The zero-order valence-corrected chi connectivity index (χ0v) is 35.2. The third kappa shape index (κ3) is 6.28. The van der Waals surface area contributed by atoms with E-state index >= 15 is 0 Å². The molecule has 4 nitrogen and oxygen atoms in total. The number of pyridine rings is 1. The van der Waals surface area contributed by atoms with E-state index in [-0.39, 0.29) is 21.7 Å². The van der Waals surface area contributed by atoms with E-state index in [0.29, 0.717) is 5.56 Å². The van der Waals surface area contributed by atoms with E-state index in [4.69, 9.17) is 4.98 Å². The van der Waals surface area contributed by atoms with Crippen molar-refractivity contribution in [1.29, 1.82) is 5.26 Å². The van der Waals surface area contributed by atoms with Crippen molar-refractivity contribution in [1.82, 2.24) is 14.1 Å². The van der Waals surface area contributed by atoms with E-state index in [2.05, 4.69) is 189 Å². The number of rotatable bonds is 3. The third-order valence-electron chi connectivity index (χ3n) is 11.6. The predicted octanol–water partition coefficient (Wildman–Crippen LogP) is 14.0. The van der Waals surface area contributed by atoms with Gasteiger partial charge < -0.3 is 4.57 Å². The first-order valence-electron chi connectivity index (χ1n) is 19.9. The largest absolute Gasteiger partial charge is 0.307 e. The van der Waals surface area contributed by atoms with Crippen molar-refractivity contribution < 1.29 is 0 Å². The molecular formula is C52H54N4. The second-order valence-electron chi connectivity index (χ2n) is 19.9. The van der Waals surface area contributed by atoms with E-state index in [1.165, 1.54) is 43.8 Å². The highest BCUT2D eigenvalue weighted by Gasteiger charge is 2.25. The minimum Gasteiger partial charge on any atom is -0.307 e. The van der Waals surface area contributed by atoms with Gasteiger partial charge in [0, 0.05) is 27.1 Å². The number of benzene rings is 5. The molecule has 0 saturated heterocycles. The summed E-state index contributed by atoms with van der Waals surface area (Å²) in [6.07, 6.45) is 2.06. The maximum Gasteiger partial charge on any atom is 0.138 e. The SMILES string of the molecule is CC(C)(C)c1ccc2c3ccc(C(C)(C)C)cc3n(-c3cc(-c4cccc(C#N)c4)c(-n4c5cc(C(C)(C)C)ccc5c5ccc(C(C)(C)C)cc54)cn3)c2c1. The van der Waals surface area contributed by atoms with Crippen molar-refractivity contribution in [3.8, 4) is 28.7 Å². The van der Waals surface area contributed by atoms with Gasteiger partial charge in [0.15, 0.2) is 0 Å². The predicted molar refractivity (Wildman–Crippen MR) is 238 cm³/mol. The quantitative estimate of drug-likeness (QED) is 0.181. The summed E-state index contributed by atoms with van der Waals surface area (Å²) in [7, 11) is 0. The zero-order valence-electron chi connectivity index (χ0n) is 35.2. The average molecular weight is 735 g/mol. The Hall–Kier alpha value is -5.66. The lowest BCUT2D eigenvalue weighted by Crippen LogP contribution is -2.12. The summed E-state index contributed by atoms with van der Waals surface area (Å²) in [6, 6.07) is 40.4. The van der Waals surface area contributed by atoms with Crippen LogP contribution in [0.25, 0.3) is 66.2 Å². The molecule has 0 N–H and O–H groups in total. The van der Waals surface area contributed by atoms with Gasteiger partial charge in [0.2, 0.25) is 0 Å². The van der Waals surface area contributed by atoms with Gasteiger partial charge in [0.05, 0.1) is 45.6 Å². The Bertz CT molecular complexity index is 2750. The lowest BCUT2D eigenvalue weighted by Gasteiger charge is -2.22. The summed E-state index contributed by atoms with van der Waals surface area (Å²) in [5.74, 6) is 0.842. The molecule has 0 bridgehead atoms. The highest BCUT2D eigenvalue weighted by Crippen LogP contribution is 2.42. The Kier molecular flexibility index (Phi) is 8.44. The Morgan fingerprint density at radius 1 is 0.464 bits per heavy atom. The van der Waals surface area contributed by atoms with Gasteiger partial charge in [0.1, 0.15) is 5.82 Å². The molecule has 0 unspecified atom stereocenters. The van der Waals surface area contributed by atoms with Crippen LogP contribution in [0, 0.1) is 11.3 Å². The molecule has 56 heavy (non-hydrogen) atoms. The molecule has 8 aromatic rings. The lowest BCUT2D eigenvalue weighted by atomic mass is 9.86. The van der Waals surface area contributed by atoms with Crippen LogP contribution in [0.1, 0.15) is 111 Å². The summed E-state index contributed by atoms with van der Waals surface area (Å²) >= 11 is 0. The van der Waals surface area contributed by atoms with Gasteiger partial charge in [-0.15, -0.1) is 0 Å². The monoisotopic (exact) mass is 734 g/mol. The van der Waals surface area contributed by atoms with E-state index in [1.807, 2.05) is 18.2 Å². The van der Waals surface area contributed by atoms with Crippen LogP contribution in [0.5, 0.6) is 0 Å². The zero-order chi connectivity index (χ0) is 40.1.